The lowest BCUT2D eigenvalue weighted by Gasteiger charge is -2.26. The first-order chi connectivity index (χ1) is 13.5. The van der Waals surface area contributed by atoms with Crippen LogP contribution in [0.2, 0.25) is 0 Å². The van der Waals surface area contributed by atoms with E-state index in [1.807, 2.05) is 0 Å². The molecule has 1 fully saturated rings. The summed E-state index contributed by atoms with van der Waals surface area (Å²) in [7, 11) is 0. The first kappa shape index (κ1) is 19.9. The van der Waals surface area contributed by atoms with E-state index in [1.165, 1.54) is 24.3 Å². The molecule has 0 aromatic heterocycles. The van der Waals surface area contributed by atoms with Crippen molar-refractivity contribution in [1.29, 1.82) is 0 Å². The van der Waals surface area contributed by atoms with Crippen molar-refractivity contribution in [3.8, 4) is 0 Å². The minimum absolute atomic E-state index is 0.0659. The van der Waals surface area contributed by atoms with Gasteiger partial charge in [-0.15, -0.1) is 0 Å². The highest BCUT2D eigenvalue weighted by Crippen LogP contribution is 2.30. The van der Waals surface area contributed by atoms with Crippen molar-refractivity contribution in [3.63, 3.8) is 0 Å². The molecule has 0 aliphatic carbocycles. The van der Waals surface area contributed by atoms with Crippen LogP contribution < -0.4 is 16.0 Å². The summed E-state index contributed by atoms with van der Waals surface area (Å²) in [6.07, 6.45) is 0.628. The fourth-order valence-corrected chi connectivity index (χ4v) is 3.31. The van der Waals surface area contributed by atoms with Crippen LogP contribution in [0.3, 0.4) is 0 Å². The maximum Gasteiger partial charge on any atom is 0.228 e. The van der Waals surface area contributed by atoms with Crippen LogP contribution >= 0.6 is 0 Å². The molecule has 1 aliphatic heterocycles. The molecule has 7 heteroatoms. The summed E-state index contributed by atoms with van der Waals surface area (Å²) < 4.78 is 25.9. The van der Waals surface area contributed by atoms with Crippen molar-refractivity contribution in [2.24, 2.45) is 5.41 Å². The molecule has 1 atom stereocenters. The van der Waals surface area contributed by atoms with E-state index in [2.05, 4.69) is 16.0 Å². The molecule has 2 aromatic carbocycles. The number of hydrogen-bond donors (Lipinski definition) is 3. The lowest BCUT2D eigenvalue weighted by molar-refractivity contribution is -0.135. The molecule has 0 bridgehead atoms. The van der Waals surface area contributed by atoms with Crippen LogP contribution in [-0.2, 0) is 22.7 Å². The number of carbonyl (C=O) groups excluding carboxylic acids is 2. The standard InChI is InChI=1S/C21H23F2N3O2/c22-17-5-1-15(2-6-17)12-25-19(27)11-21(9-10-24-14-21)20(28)26-13-16-3-7-18(23)8-4-16/h1-8,24H,9-14H2,(H,25,27)(H,26,28). The molecule has 2 aromatic rings. The summed E-state index contributed by atoms with van der Waals surface area (Å²) >= 11 is 0. The van der Waals surface area contributed by atoms with Gasteiger partial charge in [0.15, 0.2) is 0 Å². The zero-order chi connectivity index (χ0) is 20.0. The van der Waals surface area contributed by atoms with Crippen LogP contribution in [0.15, 0.2) is 48.5 Å². The van der Waals surface area contributed by atoms with Gasteiger partial charge >= 0.3 is 0 Å². The largest absolute Gasteiger partial charge is 0.352 e. The monoisotopic (exact) mass is 387 g/mol. The molecule has 0 spiro atoms. The molecule has 0 radical (unpaired) electrons. The number of rotatable bonds is 7. The van der Waals surface area contributed by atoms with Gasteiger partial charge in [-0.25, -0.2) is 8.78 Å². The maximum absolute atomic E-state index is 13.0. The van der Waals surface area contributed by atoms with Gasteiger partial charge in [-0.1, -0.05) is 24.3 Å². The van der Waals surface area contributed by atoms with Gasteiger partial charge in [0.2, 0.25) is 11.8 Å². The van der Waals surface area contributed by atoms with Crippen LogP contribution in [0.4, 0.5) is 8.78 Å². The summed E-state index contributed by atoms with van der Waals surface area (Å²) in [5.41, 5.74) is 0.762. The second kappa shape index (κ2) is 8.93. The topological polar surface area (TPSA) is 70.2 Å². The van der Waals surface area contributed by atoms with Crippen LogP contribution in [0.5, 0.6) is 0 Å². The van der Waals surface area contributed by atoms with Crippen LogP contribution in [0.1, 0.15) is 24.0 Å². The quantitative estimate of drug-likeness (QED) is 0.683. The Balaban J connectivity index is 1.56. The van der Waals surface area contributed by atoms with Gasteiger partial charge in [-0.3, -0.25) is 9.59 Å². The lowest BCUT2D eigenvalue weighted by Crippen LogP contribution is -2.45. The number of amides is 2. The Kier molecular flexibility index (Phi) is 6.36. The minimum atomic E-state index is -0.813. The average Bonchev–Trinajstić information content (AvgIpc) is 3.16. The fraction of sp³-hybridized carbons (Fsp3) is 0.333. The van der Waals surface area contributed by atoms with Crippen molar-refractivity contribution in [1.82, 2.24) is 16.0 Å². The zero-order valence-electron chi connectivity index (χ0n) is 15.4. The maximum atomic E-state index is 13.0. The van der Waals surface area contributed by atoms with Gasteiger partial charge in [0.1, 0.15) is 11.6 Å². The van der Waals surface area contributed by atoms with Crippen molar-refractivity contribution < 1.29 is 18.4 Å². The predicted molar refractivity (Wildman–Crippen MR) is 101 cm³/mol. The number of hydrogen-bond acceptors (Lipinski definition) is 3. The molecular formula is C21H23F2N3O2. The third kappa shape index (κ3) is 5.13. The molecule has 1 unspecified atom stereocenters. The Bertz CT molecular complexity index is 817. The molecule has 2 amide bonds. The molecule has 3 rings (SSSR count). The molecule has 5 nitrogen and oxygen atoms in total. The van der Waals surface area contributed by atoms with Gasteiger partial charge < -0.3 is 16.0 Å². The molecule has 1 aliphatic rings. The van der Waals surface area contributed by atoms with Crippen LogP contribution in [0, 0.1) is 17.0 Å². The lowest BCUT2D eigenvalue weighted by atomic mass is 9.82. The van der Waals surface area contributed by atoms with E-state index in [0.717, 1.165) is 11.1 Å². The van der Waals surface area contributed by atoms with Gasteiger partial charge in [-0.05, 0) is 48.4 Å². The Labute approximate surface area is 162 Å². The summed E-state index contributed by atoms with van der Waals surface area (Å²) in [5, 5.41) is 8.81. The first-order valence-electron chi connectivity index (χ1n) is 9.21. The first-order valence-corrected chi connectivity index (χ1v) is 9.21. The predicted octanol–water partition coefficient (Wildman–Crippen LogP) is 2.27. The summed E-state index contributed by atoms with van der Waals surface area (Å²) in [4.78, 5) is 25.2. The normalized spacial score (nSPS) is 18.6. The Morgan fingerprint density at radius 2 is 1.43 bits per heavy atom. The third-order valence-corrected chi connectivity index (χ3v) is 4.99. The van der Waals surface area contributed by atoms with Gasteiger partial charge in [-0.2, -0.15) is 0 Å². The van der Waals surface area contributed by atoms with Crippen molar-refractivity contribution in [2.75, 3.05) is 13.1 Å². The highest BCUT2D eigenvalue weighted by atomic mass is 19.1. The molecule has 28 heavy (non-hydrogen) atoms. The van der Waals surface area contributed by atoms with Gasteiger partial charge in [0, 0.05) is 26.1 Å². The Morgan fingerprint density at radius 1 is 0.893 bits per heavy atom. The number of nitrogens with one attached hydrogen (secondary N) is 3. The van der Waals surface area contributed by atoms with Crippen molar-refractivity contribution >= 4 is 11.8 Å². The fourth-order valence-electron chi connectivity index (χ4n) is 3.31. The van der Waals surface area contributed by atoms with Crippen molar-refractivity contribution in [2.45, 2.75) is 25.9 Å². The van der Waals surface area contributed by atoms with E-state index >= 15 is 0 Å². The van der Waals surface area contributed by atoms with Crippen molar-refractivity contribution in [3.05, 3.63) is 71.3 Å². The molecule has 148 valence electrons. The number of carbonyl (C=O) groups is 2. The van der Waals surface area contributed by atoms with E-state index in [4.69, 9.17) is 0 Å². The average molecular weight is 387 g/mol. The molecule has 0 saturated carbocycles. The Morgan fingerprint density at radius 3 is 1.93 bits per heavy atom. The SMILES string of the molecule is O=C(CC1(C(=O)NCc2ccc(F)cc2)CCNC1)NCc1ccc(F)cc1. The van der Waals surface area contributed by atoms with Crippen LogP contribution in [0.25, 0.3) is 0 Å². The van der Waals surface area contributed by atoms with E-state index in [0.29, 0.717) is 19.5 Å². The third-order valence-electron chi connectivity index (χ3n) is 4.99. The smallest absolute Gasteiger partial charge is 0.228 e. The Hall–Kier alpha value is -2.80. The van der Waals surface area contributed by atoms with Gasteiger partial charge in [0.25, 0.3) is 0 Å². The van der Waals surface area contributed by atoms with Gasteiger partial charge in [0.05, 0.1) is 5.41 Å². The van der Waals surface area contributed by atoms with E-state index in [1.54, 1.807) is 24.3 Å². The molecule has 3 N–H and O–H groups in total. The summed E-state index contributed by atoms with van der Waals surface area (Å²) in [6.45, 7) is 1.64. The van der Waals surface area contributed by atoms with E-state index < -0.39 is 5.41 Å². The molecule has 1 saturated heterocycles. The highest BCUT2D eigenvalue weighted by molar-refractivity contribution is 5.89. The van der Waals surface area contributed by atoms with E-state index in [-0.39, 0.29) is 43.0 Å². The van der Waals surface area contributed by atoms with E-state index in [9.17, 15) is 18.4 Å². The highest BCUT2D eigenvalue weighted by Gasteiger charge is 2.42. The zero-order valence-corrected chi connectivity index (χ0v) is 15.4. The molecular weight excluding hydrogens is 364 g/mol. The number of benzene rings is 2. The summed E-state index contributed by atoms with van der Waals surface area (Å²) in [6, 6.07) is 11.8. The second-order valence-corrected chi connectivity index (χ2v) is 7.10. The number of halogens is 2. The second-order valence-electron chi connectivity index (χ2n) is 7.10. The molecule has 1 heterocycles. The van der Waals surface area contributed by atoms with Crippen LogP contribution in [-0.4, -0.2) is 24.9 Å². The summed E-state index contributed by atoms with van der Waals surface area (Å²) in [5.74, 6) is -1.09. The minimum Gasteiger partial charge on any atom is -0.352 e.